The van der Waals surface area contributed by atoms with Gasteiger partial charge in [-0.3, -0.25) is 0 Å². The van der Waals surface area contributed by atoms with Gasteiger partial charge in [-0.05, 0) is 22.3 Å². The van der Waals surface area contributed by atoms with E-state index in [0.717, 1.165) is 33.4 Å². The summed E-state index contributed by atoms with van der Waals surface area (Å²) in [7, 11) is 0. The minimum absolute atomic E-state index is 0. The molecule has 0 spiro atoms. The van der Waals surface area contributed by atoms with Gasteiger partial charge in [-0.15, -0.1) is 0 Å². The molecule has 0 aromatic heterocycles. The van der Waals surface area contributed by atoms with Gasteiger partial charge in [-0.25, -0.2) is 12.1 Å². The molecule has 0 amide bonds. The van der Waals surface area contributed by atoms with Gasteiger partial charge in [0.2, 0.25) is 0 Å². The van der Waals surface area contributed by atoms with Crippen LogP contribution in [0, 0.1) is 0 Å². The molecule has 39 heavy (non-hydrogen) atoms. The van der Waals surface area contributed by atoms with E-state index in [1.807, 2.05) is 170 Å². The standard InChI is InChI=1S/2C18H15O.Fe/c2*19-18(17-13-7-8-14-17,15-9-3-1-4-10-15)16-11-5-2-6-12-16;/h2*1-14,19H;/q2*-1;+2. The smallest absolute Gasteiger partial charge is 0.389 e. The SMILES string of the molecule is OC(c1ccccc1)(c1ccccc1)c1cc[cH-]c1.OC(c1ccccc1)(c1ccccc1)c1cc[cH-]c1.[Fe+2]. The second kappa shape index (κ2) is 12.7. The van der Waals surface area contributed by atoms with Crippen LogP contribution in [0.5, 0.6) is 0 Å². The minimum Gasteiger partial charge on any atom is -0.389 e. The Bertz CT molecular complexity index is 1290. The van der Waals surface area contributed by atoms with E-state index >= 15 is 0 Å². The zero-order valence-corrected chi connectivity index (χ0v) is 22.5. The molecule has 3 heteroatoms. The van der Waals surface area contributed by atoms with E-state index in [0.29, 0.717) is 0 Å². The van der Waals surface area contributed by atoms with E-state index in [-0.39, 0.29) is 17.1 Å². The molecule has 0 unspecified atom stereocenters. The fraction of sp³-hybridized carbons (Fsp3) is 0.0556. The van der Waals surface area contributed by atoms with Crippen LogP contribution in [-0.2, 0) is 28.3 Å². The summed E-state index contributed by atoms with van der Waals surface area (Å²) in [6.45, 7) is 0. The van der Waals surface area contributed by atoms with Gasteiger partial charge in [-0.2, -0.15) is 47.5 Å². The molecule has 0 aliphatic rings. The van der Waals surface area contributed by atoms with Gasteiger partial charge in [0, 0.05) is 0 Å². The molecule has 2 nitrogen and oxygen atoms in total. The molecule has 6 aromatic carbocycles. The van der Waals surface area contributed by atoms with E-state index in [2.05, 4.69) is 0 Å². The Hall–Kier alpha value is -3.98. The van der Waals surface area contributed by atoms with Gasteiger partial charge in [0.1, 0.15) is 0 Å². The molecule has 0 fully saturated rings. The van der Waals surface area contributed by atoms with Crippen LogP contribution in [0.2, 0.25) is 0 Å². The van der Waals surface area contributed by atoms with Crippen LogP contribution in [0.3, 0.4) is 0 Å². The monoisotopic (exact) mass is 550 g/mol. The third kappa shape index (κ3) is 5.73. The molecule has 6 rings (SSSR count). The zero-order chi connectivity index (χ0) is 26.3. The second-order valence-corrected chi connectivity index (χ2v) is 9.23. The van der Waals surface area contributed by atoms with Gasteiger partial charge >= 0.3 is 17.1 Å². The average Bonchev–Trinajstić information content (AvgIpc) is 3.75. The van der Waals surface area contributed by atoms with Crippen molar-refractivity contribution in [2.75, 3.05) is 0 Å². The van der Waals surface area contributed by atoms with E-state index in [1.165, 1.54) is 0 Å². The summed E-state index contributed by atoms with van der Waals surface area (Å²) in [5, 5.41) is 22.6. The second-order valence-electron chi connectivity index (χ2n) is 9.23. The summed E-state index contributed by atoms with van der Waals surface area (Å²) in [5.41, 5.74) is 3.13. The predicted molar refractivity (Wildman–Crippen MR) is 154 cm³/mol. The van der Waals surface area contributed by atoms with Crippen molar-refractivity contribution in [2.45, 2.75) is 11.2 Å². The van der Waals surface area contributed by atoms with Crippen LogP contribution in [0.25, 0.3) is 0 Å². The third-order valence-electron chi connectivity index (χ3n) is 6.93. The van der Waals surface area contributed by atoms with Crippen molar-refractivity contribution < 1.29 is 27.3 Å². The summed E-state index contributed by atoms with van der Waals surface area (Å²) in [5.74, 6) is 0. The number of hydrogen-bond donors (Lipinski definition) is 2. The van der Waals surface area contributed by atoms with Crippen molar-refractivity contribution in [1.29, 1.82) is 0 Å². The first-order valence-electron chi connectivity index (χ1n) is 12.7. The van der Waals surface area contributed by atoms with Crippen molar-refractivity contribution >= 4 is 0 Å². The zero-order valence-electron chi connectivity index (χ0n) is 21.4. The van der Waals surface area contributed by atoms with Crippen LogP contribution in [0.4, 0.5) is 0 Å². The maximum absolute atomic E-state index is 11.3. The molecule has 0 saturated heterocycles. The van der Waals surface area contributed by atoms with Crippen LogP contribution < -0.4 is 0 Å². The molecule has 6 aromatic rings. The maximum atomic E-state index is 11.3. The Morgan fingerprint density at radius 3 is 0.821 bits per heavy atom. The van der Waals surface area contributed by atoms with Crippen molar-refractivity contribution in [3.63, 3.8) is 0 Å². The molecule has 0 aliphatic heterocycles. The Kier molecular flexibility index (Phi) is 9.14. The van der Waals surface area contributed by atoms with Gasteiger partial charge < -0.3 is 10.2 Å². The summed E-state index contributed by atoms with van der Waals surface area (Å²) in [6.07, 6.45) is 0. The van der Waals surface area contributed by atoms with Crippen LogP contribution in [0.1, 0.15) is 33.4 Å². The molecule has 0 aliphatic carbocycles. The summed E-state index contributed by atoms with van der Waals surface area (Å²) < 4.78 is 0. The molecule has 0 atom stereocenters. The molecule has 194 valence electrons. The third-order valence-corrected chi connectivity index (χ3v) is 6.93. The summed E-state index contributed by atoms with van der Waals surface area (Å²) in [4.78, 5) is 0. The molecule has 0 radical (unpaired) electrons. The Labute approximate surface area is 241 Å². The fourth-order valence-electron chi connectivity index (χ4n) is 4.95. The summed E-state index contributed by atoms with van der Waals surface area (Å²) >= 11 is 0. The minimum atomic E-state index is -1.09. The topological polar surface area (TPSA) is 40.5 Å². The van der Waals surface area contributed by atoms with Crippen LogP contribution in [-0.4, -0.2) is 10.2 Å². The molecular weight excluding hydrogens is 520 g/mol. The molecule has 0 bridgehead atoms. The number of aliphatic hydroxyl groups is 2. The largest absolute Gasteiger partial charge is 2.00 e. The van der Waals surface area contributed by atoms with Crippen molar-refractivity contribution in [2.24, 2.45) is 0 Å². The van der Waals surface area contributed by atoms with Gasteiger partial charge in [0.05, 0.1) is 11.2 Å². The Balaban J connectivity index is 0.000000176. The molecule has 0 saturated carbocycles. The number of hydrogen-bond acceptors (Lipinski definition) is 2. The van der Waals surface area contributed by atoms with Gasteiger partial charge in [0.25, 0.3) is 0 Å². The maximum Gasteiger partial charge on any atom is 2.00 e. The van der Waals surface area contributed by atoms with E-state index in [9.17, 15) is 10.2 Å². The van der Waals surface area contributed by atoms with E-state index in [4.69, 9.17) is 0 Å². The normalized spacial score (nSPS) is 11.1. The van der Waals surface area contributed by atoms with Crippen molar-refractivity contribution in [1.82, 2.24) is 0 Å². The quantitative estimate of drug-likeness (QED) is 0.168. The van der Waals surface area contributed by atoms with E-state index in [1.54, 1.807) is 0 Å². The number of rotatable bonds is 6. The van der Waals surface area contributed by atoms with E-state index < -0.39 is 11.2 Å². The first kappa shape index (κ1) is 28.0. The number of benzene rings is 4. The summed E-state index contributed by atoms with van der Waals surface area (Å²) in [6, 6.07) is 54.7. The van der Waals surface area contributed by atoms with Crippen molar-refractivity contribution in [3.8, 4) is 0 Å². The van der Waals surface area contributed by atoms with Gasteiger partial charge in [0.15, 0.2) is 0 Å². The van der Waals surface area contributed by atoms with Gasteiger partial charge in [-0.1, -0.05) is 121 Å². The molecular formula is C36H30FeO2. The van der Waals surface area contributed by atoms with Crippen LogP contribution >= 0.6 is 0 Å². The fourth-order valence-corrected chi connectivity index (χ4v) is 4.95. The average molecular weight is 550 g/mol. The Morgan fingerprint density at radius 2 is 0.615 bits per heavy atom. The first-order chi connectivity index (χ1) is 18.6. The predicted octanol–water partition coefficient (Wildman–Crippen LogP) is 7.38. The Morgan fingerprint density at radius 1 is 0.359 bits per heavy atom. The van der Waals surface area contributed by atoms with Crippen LogP contribution in [0.15, 0.2) is 170 Å². The molecule has 2 N–H and O–H groups in total. The molecule has 0 heterocycles. The first-order valence-corrected chi connectivity index (χ1v) is 12.7. The van der Waals surface area contributed by atoms with Crippen molar-refractivity contribution in [3.05, 3.63) is 203 Å².